The average molecular weight is 332 g/mol. The van der Waals surface area contributed by atoms with E-state index in [0.29, 0.717) is 12.5 Å². The third kappa shape index (κ3) is 3.85. The minimum Gasteiger partial charge on any atom is -0.381 e. The van der Waals surface area contributed by atoms with Gasteiger partial charge in [0.05, 0.1) is 18.7 Å². The molecular weight excluding hydrogens is 308 g/mol. The highest BCUT2D eigenvalue weighted by atomic mass is 32.1. The second kappa shape index (κ2) is 7.32. The summed E-state index contributed by atoms with van der Waals surface area (Å²) < 4.78 is 7.68. The van der Waals surface area contributed by atoms with Crippen LogP contribution < -0.4 is 5.32 Å². The van der Waals surface area contributed by atoms with Gasteiger partial charge in [0.15, 0.2) is 0 Å². The number of nitrogens with zero attached hydrogens (tertiary/aromatic N) is 1. The van der Waals surface area contributed by atoms with Gasteiger partial charge in [-0.3, -0.25) is 4.79 Å². The molecule has 1 N–H and O–H groups in total. The largest absolute Gasteiger partial charge is 0.381 e. The summed E-state index contributed by atoms with van der Waals surface area (Å²) in [5.74, 6) is 0.475. The monoisotopic (exact) mass is 332 g/mol. The Hall–Kier alpha value is -1.59. The first kappa shape index (κ1) is 16.3. The molecule has 1 atom stereocenters. The van der Waals surface area contributed by atoms with E-state index in [0.717, 1.165) is 49.6 Å². The van der Waals surface area contributed by atoms with E-state index in [1.54, 1.807) is 11.3 Å². The van der Waals surface area contributed by atoms with Crippen molar-refractivity contribution in [2.75, 3.05) is 19.8 Å². The van der Waals surface area contributed by atoms with Crippen molar-refractivity contribution >= 4 is 17.2 Å². The van der Waals surface area contributed by atoms with Gasteiger partial charge >= 0.3 is 0 Å². The van der Waals surface area contributed by atoms with Crippen LogP contribution in [-0.4, -0.2) is 30.2 Å². The summed E-state index contributed by atoms with van der Waals surface area (Å²) in [5.41, 5.74) is 2.95. The van der Waals surface area contributed by atoms with Gasteiger partial charge in [0.25, 0.3) is 5.91 Å². The third-order valence-electron chi connectivity index (χ3n) is 4.52. The first-order valence-corrected chi connectivity index (χ1v) is 9.08. The predicted octanol–water partition coefficient (Wildman–Crippen LogP) is 3.37. The normalized spacial score (nSPS) is 18.1. The maximum atomic E-state index is 12.5. The molecule has 124 valence electrons. The number of aryl methyl sites for hydroxylation is 1. The van der Waals surface area contributed by atoms with Gasteiger partial charge in [-0.2, -0.15) is 0 Å². The van der Waals surface area contributed by atoms with Crippen LogP contribution in [0.3, 0.4) is 0 Å². The molecular formula is C18H24N2O2S. The molecule has 0 spiro atoms. The standard InChI is InChI=1S/C18H24N2O2S/c1-13-9-17(14(2)20(13)11-16-6-4-8-23-16)18(21)19-10-15-5-3-7-22-12-15/h4,6,8-9,15H,3,5,7,10-12H2,1-2H3,(H,19,21)/t15-/m0/s1. The molecule has 0 aromatic carbocycles. The van der Waals surface area contributed by atoms with E-state index in [1.165, 1.54) is 4.88 Å². The lowest BCUT2D eigenvalue weighted by Crippen LogP contribution is -2.33. The van der Waals surface area contributed by atoms with Crippen molar-refractivity contribution in [1.29, 1.82) is 0 Å². The molecule has 0 unspecified atom stereocenters. The Balaban J connectivity index is 1.66. The van der Waals surface area contributed by atoms with E-state index in [1.807, 2.05) is 13.0 Å². The predicted molar refractivity (Wildman–Crippen MR) is 93.2 cm³/mol. The zero-order valence-electron chi connectivity index (χ0n) is 13.8. The van der Waals surface area contributed by atoms with Crippen molar-refractivity contribution in [2.24, 2.45) is 5.92 Å². The van der Waals surface area contributed by atoms with Crippen molar-refractivity contribution in [1.82, 2.24) is 9.88 Å². The van der Waals surface area contributed by atoms with Crippen LogP contribution in [0.25, 0.3) is 0 Å². The van der Waals surface area contributed by atoms with Gasteiger partial charge in [0.1, 0.15) is 0 Å². The van der Waals surface area contributed by atoms with Crippen molar-refractivity contribution in [2.45, 2.75) is 33.2 Å². The van der Waals surface area contributed by atoms with E-state index in [9.17, 15) is 4.79 Å². The van der Waals surface area contributed by atoms with Crippen LogP contribution in [0.2, 0.25) is 0 Å². The molecule has 5 heteroatoms. The lowest BCUT2D eigenvalue weighted by Gasteiger charge is -2.22. The average Bonchev–Trinajstić information content (AvgIpc) is 3.17. The Bertz CT molecular complexity index is 655. The Kier molecular flexibility index (Phi) is 5.18. The zero-order chi connectivity index (χ0) is 16.2. The maximum absolute atomic E-state index is 12.5. The quantitative estimate of drug-likeness (QED) is 0.912. The summed E-state index contributed by atoms with van der Waals surface area (Å²) >= 11 is 1.75. The van der Waals surface area contributed by atoms with Crippen LogP contribution in [-0.2, 0) is 11.3 Å². The van der Waals surface area contributed by atoms with Crippen molar-refractivity contribution in [3.05, 3.63) is 45.4 Å². The van der Waals surface area contributed by atoms with Gasteiger partial charge in [0, 0.05) is 29.4 Å². The fourth-order valence-electron chi connectivity index (χ4n) is 3.13. The van der Waals surface area contributed by atoms with Crippen LogP contribution >= 0.6 is 11.3 Å². The first-order valence-electron chi connectivity index (χ1n) is 8.20. The fraction of sp³-hybridized carbons (Fsp3) is 0.500. The van der Waals surface area contributed by atoms with Crippen LogP contribution in [0.15, 0.2) is 23.6 Å². The van der Waals surface area contributed by atoms with Crippen LogP contribution in [0, 0.1) is 19.8 Å². The molecule has 1 aliphatic heterocycles. The van der Waals surface area contributed by atoms with Gasteiger partial charge in [0.2, 0.25) is 0 Å². The second-order valence-electron chi connectivity index (χ2n) is 6.24. The van der Waals surface area contributed by atoms with Crippen LogP contribution in [0.1, 0.15) is 39.5 Å². The molecule has 0 bridgehead atoms. The van der Waals surface area contributed by atoms with E-state index >= 15 is 0 Å². The summed E-state index contributed by atoms with van der Waals surface area (Å²) in [5, 5.41) is 5.17. The number of ether oxygens (including phenoxy) is 1. The highest BCUT2D eigenvalue weighted by Gasteiger charge is 2.19. The lowest BCUT2D eigenvalue weighted by molar-refractivity contribution is 0.0536. The van der Waals surface area contributed by atoms with Crippen LogP contribution in [0.5, 0.6) is 0 Å². The Morgan fingerprint density at radius 2 is 2.35 bits per heavy atom. The second-order valence-corrected chi connectivity index (χ2v) is 7.28. The van der Waals surface area contributed by atoms with E-state index in [2.05, 4.69) is 34.3 Å². The van der Waals surface area contributed by atoms with Crippen molar-refractivity contribution in [3.8, 4) is 0 Å². The molecule has 0 radical (unpaired) electrons. The topological polar surface area (TPSA) is 43.3 Å². The molecule has 0 saturated carbocycles. The minimum absolute atomic E-state index is 0.0288. The summed E-state index contributed by atoms with van der Waals surface area (Å²) in [6.45, 7) is 7.24. The van der Waals surface area contributed by atoms with E-state index < -0.39 is 0 Å². The number of amides is 1. The van der Waals surface area contributed by atoms with E-state index in [4.69, 9.17) is 4.74 Å². The number of carbonyl (C=O) groups excluding carboxylic acids is 1. The van der Waals surface area contributed by atoms with E-state index in [-0.39, 0.29) is 5.91 Å². The first-order chi connectivity index (χ1) is 11.1. The molecule has 3 rings (SSSR count). The molecule has 4 nitrogen and oxygen atoms in total. The molecule has 23 heavy (non-hydrogen) atoms. The smallest absolute Gasteiger partial charge is 0.253 e. The highest BCUT2D eigenvalue weighted by molar-refractivity contribution is 7.09. The molecule has 1 aliphatic rings. The highest BCUT2D eigenvalue weighted by Crippen LogP contribution is 2.19. The summed E-state index contributed by atoms with van der Waals surface area (Å²) in [6.07, 6.45) is 2.23. The van der Waals surface area contributed by atoms with Crippen molar-refractivity contribution in [3.63, 3.8) is 0 Å². The number of hydrogen-bond acceptors (Lipinski definition) is 3. The Morgan fingerprint density at radius 3 is 3.04 bits per heavy atom. The summed E-state index contributed by atoms with van der Waals surface area (Å²) in [6, 6.07) is 6.19. The van der Waals surface area contributed by atoms with Gasteiger partial charge in [-0.15, -0.1) is 11.3 Å². The number of carbonyl (C=O) groups is 1. The molecule has 2 aromatic rings. The number of nitrogens with one attached hydrogen (secondary N) is 1. The molecule has 0 aliphatic carbocycles. The molecule has 1 amide bonds. The van der Waals surface area contributed by atoms with Crippen molar-refractivity contribution < 1.29 is 9.53 Å². The molecule has 3 heterocycles. The van der Waals surface area contributed by atoms with Gasteiger partial charge in [-0.05, 0) is 50.1 Å². The minimum atomic E-state index is 0.0288. The fourth-order valence-corrected chi connectivity index (χ4v) is 3.83. The number of thiophene rings is 1. The summed E-state index contributed by atoms with van der Waals surface area (Å²) in [7, 11) is 0. The van der Waals surface area contributed by atoms with Gasteiger partial charge < -0.3 is 14.6 Å². The number of aromatic nitrogens is 1. The van der Waals surface area contributed by atoms with Gasteiger partial charge in [-0.1, -0.05) is 6.07 Å². The Labute approximate surface area is 141 Å². The Morgan fingerprint density at radius 1 is 1.48 bits per heavy atom. The van der Waals surface area contributed by atoms with Gasteiger partial charge in [-0.25, -0.2) is 0 Å². The summed E-state index contributed by atoms with van der Waals surface area (Å²) in [4.78, 5) is 13.8. The molecule has 1 fully saturated rings. The SMILES string of the molecule is Cc1cc(C(=O)NC[C@@H]2CCCOC2)c(C)n1Cc1cccs1. The maximum Gasteiger partial charge on any atom is 0.253 e. The molecule has 2 aromatic heterocycles. The molecule has 1 saturated heterocycles. The zero-order valence-corrected chi connectivity index (χ0v) is 14.6. The lowest BCUT2D eigenvalue weighted by atomic mass is 10.0. The third-order valence-corrected chi connectivity index (χ3v) is 5.38. The number of rotatable bonds is 5. The van der Waals surface area contributed by atoms with Crippen LogP contribution in [0.4, 0.5) is 0 Å². The number of hydrogen-bond donors (Lipinski definition) is 1.